The second-order valence-corrected chi connectivity index (χ2v) is 10.3. The number of hydrogen-bond donors (Lipinski definition) is 1. The smallest absolute Gasteiger partial charge is 0.260 e. The number of anilines is 1. The predicted molar refractivity (Wildman–Crippen MR) is 134 cm³/mol. The van der Waals surface area contributed by atoms with Crippen molar-refractivity contribution < 1.29 is 13.2 Å². The van der Waals surface area contributed by atoms with Crippen molar-refractivity contribution in [2.75, 3.05) is 17.1 Å². The van der Waals surface area contributed by atoms with Gasteiger partial charge in [-0.3, -0.25) is 9.10 Å². The van der Waals surface area contributed by atoms with Crippen molar-refractivity contribution in [3.05, 3.63) is 81.6 Å². The summed E-state index contributed by atoms with van der Waals surface area (Å²) >= 11 is 6.35. The van der Waals surface area contributed by atoms with E-state index in [0.29, 0.717) is 10.7 Å². The lowest BCUT2D eigenvalue weighted by Crippen LogP contribution is -2.39. The molecule has 0 unspecified atom stereocenters. The second-order valence-electron chi connectivity index (χ2n) is 7.97. The van der Waals surface area contributed by atoms with E-state index in [4.69, 9.17) is 11.6 Å². The number of aromatic nitrogens is 1. The fourth-order valence-electron chi connectivity index (χ4n) is 3.63. The SMILES string of the molecule is Cc1ccc(C)c(N(CC(=O)N/N=C\c2cc(C)n(-c3ccccc3Cl)c2C)S(C)(=O)=O)c1. The molecule has 0 saturated heterocycles. The van der Waals surface area contributed by atoms with Crippen molar-refractivity contribution in [3.8, 4) is 5.69 Å². The number of halogens is 1. The number of para-hydroxylation sites is 1. The number of hydrazone groups is 1. The Hall–Kier alpha value is -3.10. The molecule has 3 rings (SSSR count). The number of benzene rings is 2. The number of carbonyl (C=O) groups excluding carboxylic acids is 1. The molecule has 9 heteroatoms. The molecule has 2 aromatic carbocycles. The summed E-state index contributed by atoms with van der Waals surface area (Å²) in [5.74, 6) is -0.544. The molecule has 174 valence electrons. The van der Waals surface area contributed by atoms with Gasteiger partial charge in [0, 0.05) is 17.0 Å². The molecule has 0 bridgehead atoms. The Morgan fingerprint density at radius 2 is 1.82 bits per heavy atom. The quantitative estimate of drug-likeness (QED) is 0.399. The Morgan fingerprint density at radius 3 is 2.48 bits per heavy atom. The van der Waals surface area contributed by atoms with Gasteiger partial charge in [0.1, 0.15) is 6.54 Å². The summed E-state index contributed by atoms with van der Waals surface area (Å²) in [7, 11) is -3.67. The average molecular weight is 487 g/mol. The van der Waals surface area contributed by atoms with Crippen LogP contribution in [0, 0.1) is 27.7 Å². The maximum absolute atomic E-state index is 12.5. The number of amides is 1. The zero-order valence-electron chi connectivity index (χ0n) is 19.3. The van der Waals surface area contributed by atoms with Crippen LogP contribution in [-0.2, 0) is 14.8 Å². The molecule has 7 nitrogen and oxygen atoms in total. The number of hydrogen-bond acceptors (Lipinski definition) is 4. The topological polar surface area (TPSA) is 83.8 Å². The minimum absolute atomic E-state index is 0.376. The summed E-state index contributed by atoms with van der Waals surface area (Å²) in [5.41, 5.74) is 8.10. The van der Waals surface area contributed by atoms with Crippen LogP contribution >= 0.6 is 11.6 Å². The first-order valence-corrected chi connectivity index (χ1v) is 12.5. The van der Waals surface area contributed by atoms with Gasteiger partial charge in [-0.05, 0) is 63.1 Å². The van der Waals surface area contributed by atoms with Crippen LogP contribution in [0.3, 0.4) is 0 Å². The minimum Gasteiger partial charge on any atom is -0.316 e. The number of nitrogens with one attached hydrogen (secondary N) is 1. The number of sulfonamides is 1. The first-order chi connectivity index (χ1) is 15.5. The molecule has 1 amide bonds. The van der Waals surface area contributed by atoms with E-state index in [1.54, 1.807) is 13.0 Å². The van der Waals surface area contributed by atoms with E-state index in [2.05, 4.69) is 10.5 Å². The highest BCUT2D eigenvalue weighted by molar-refractivity contribution is 7.92. The van der Waals surface area contributed by atoms with Crippen LogP contribution in [0.25, 0.3) is 5.69 Å². The molecular weight excluding hydrogens is 460 g/mol. The van der Waals surface area contributed by atoms with Gasteiger partial charge >= 0.3 is 0 Å². The molecule has 0 spiro atoms. The van der Waals surface area contributed by atoms with Crippen molar-refractivity contribution in [1.29, 1.82) is 0 Å². The highest BCUT2D eigenvalue weighted by atomic mass is 35.5. The zero-order valence-corrected chi connectivity index (χ0v) is 20.8. The van der Waals surface area contributed by atoms with Crippen LogP contribution in [0.1, 0.15) is 28.1 Å². The van der Waals surface area contributed by atoms with E-state index in [1.165, 1.54) is 6.21 Å². The van der Waals surface area contributed by atoms with Crippen LogP contribution in [-0.4, -0.2) is 37.9 Å². The molecule has 0 saturated carbocycles. The molecule has 3 aromatic rings. The molecule has 1 aromatic heterocycles. The van der Waals surface area contributed by atoms with Crippen LogP contribution in [0.5, 0.6) is 0 Å². The van der Waals surface area contributed by atoms with E-state index in [1.807, 2.05) is 67.8 Å². The van der Waals surface area contributed by atoms with Crippen LogP contribution in [0.2, 0.25) is 5.02 Å². The van der Waals surface area contributed by atoms with Gasteiger partial charge in [0.15, 0.2) is 0 Å². The summed E-state index contributed by atoms with van der Waals surface area (Å²) < 4.78 is 27.8. The van der Waals surface area contributed by atoms with Crippen molar-refractivity contribution in [2.45, 2.75) is 27.7 Å². The lowest BCUT2D eigenvalue weighted by Gasteiger charge is -2.23. The summed E-state index contributed by atoms with van der Waals surface area (Å²) in [5, 5.41) is 4.68. The molecular formula is C24H27ClN4O3S. The maximum atomic E-state index is 12.5. The number of nitrogens with zero attached hydrogens (tertiary/aromatic N) is 3. The minimum atomic E-state index is -3.67. The second kappa shape index (κ2) is 9.80. The van der Waals surface area contributed by atoms with Gasteiger partial charge in [0.2, 0.25) is 10.0 Å². The number of carbonyl (C=O) groups is 1. The molecule has 0 fully saturated rings. The fraction of sp³-hybridized carbons (Fsp3) is 0.250. The molecule has 33 heavy (non-hydrogen) atoms. The van der Waals surface area contributed by atoms with Crippen LogP contribution < -0.4 is 9.73 Å². The van der Waals surface area contributed by atoms with E-state index < -0.39 is 15.9 Å². The molecule has 0 aliphatic carbocycles. The number of rotatable bonds is 7. The summed E-state index contributed by atoms with van der Waals surface area (Å²) in [4.78, 5) is 12.5. The average Bonchev–Trinajstić information content (AvgIpc) is 3.01. The Balaban J connectivity index is 1.78. The lowest BCUT2D eigenvalue weighted by molar-refractivity contribution is -0.119. The molecule has 0 atom stereocenters. The van der Waals surface area contributed by atoms with Gasteiger partial charge in [0.25, 0.3) is 5.91 Å². The number of aryl methyl sites for hydroxylation is 3. The molecule has 1 heterocycles. The fourth-order valence-corrected chi connectivity index (χ4v) is 4.76. The van der Waals surface area contributed by atoms with Crippen molar-refractivity contribution in [1.82, 2.24) is 9.99 Å². The van der Waals surface area contributed by atoms with Gasteiger partial charge in [-0.2, -0.15) is 5.10 Å². The van der Waals surface area contributed by atoms with E-state index in [9.17, 15) is 13.2 Å². The van der Waals surface area contributed by atoms with Gasteiger partial charge in [-0.15, -0.1) is 0 Å². The van der Waals surface area contributed by atoms with Gasteiger partial charge in [-0.1, -0.05) is 35.9 Å². The van der Waals surface area contributed by atoms with Crippen LogP contribution in [0.15, 0.2) is 53.6 Å². The van der Waals surface area contributed by atoms with Crippen molar-refractivity contribution in [2.24, 2.45) is 5.10 Å². The highest BCUT2D eigenvalue weighted by Gasteiger charge is 2.22. The Kier molecular flexibility index (Phi) is 7.29. The summed E-state index contributed by atoms with van der Waals surface area (Å²) in [6.45, 7) is 7.19. The molecule has 0 aliphatic heterocycles. The lowest BCUT2D eigenvalue weighted by atomic mass is 10.1. The highest BCUT2D eigenvalue weighted by Crippen LogP contribution is 2.26. The monoisotopic (exact) mass is 486 g/mol. The molecule has 1 N–H and O–H groups in total. The summed E-state index contributed by atoms with van der Waals surface area (Å²) in [6, 6.07) is 14.9. The Bertz CT molecular complexity index is 1330. The third kappa shape index (κ3) is 5.64. The predicted octanol–water partition coefficient (Wildman–Crippen LogP) is 4.28. The first kappa shape index (κ1) is 24.5. The standard InChI is InChI=1S/C24H27ClN4O3S/c1-16-10-11-17(2)23(12-16)28(33(5,31)32)15-24(30)27-26-14-20-13-18(3)29(19(20)4)22-9-7-6-8-21(22)25/h6-14H,15H2,1-5H3,(H,27,30)/b26-14-. The van der Waals surface area contributed by atoms with E-state index in [-0.39, 0.29) is 6.54 Å². The first-order valence-electron chi connectivity index (χ1n) is 10.3. The Morgan fingerprint density at radius 1 is 1.12 bits per heavy atom. The molecule has 0 radical (unpaired) electrons. The zero-order chi connectivity index (χ0) is 24.3. The largest absolute Gasteiger partial charge is 0.316 e. The maximum Gasteiger partial charge on any atom is 0.260 e. The molecule has 0 aliphatic rings. The normalized spacial score (nSPS) is 11.7. The summed E-state index contributed by atoms with van der Waals surface area (Å²) in [6.07, 6.45) is 2.62. The van der Waals surface area contributed by atoms with Crippen molar-refractivity contribution >= 4 is 39.4 Å². The van der Waals surface area contributed by atoms with Gasteiger partial charge in [-0.25, -0.2) is 13.8 Å². The van der Waals surface area contributed by atoms with Gasteiger partial charge < -0.3 is 4.57 Å². The third-order valence-corrected chi connectivity index (χ3v) is 6.72. The van der Waals surface area contributed by atoms with Gasteiger partial charge in [0.05, 0.1) is 28.9 Å². The van der Waals surface area contributed by atoms with Crippen molar-refractivity contribution in [3.63, 3.8) is 0 Å². The van der Waals surface area contributed by atoms with Crippen LogP contribution in [0.4, 0.5) is 5.69 Å². The Labute approximate surface area is 199 Å². The third-order valence-electron chi connectivity index (χ3n) is 5.28. The van der Waals surface area contributed by atoms with E-state index >= 15 is 0 Å². The van der Waals surface area contributed by atoms with E-state index in [0.717, 1.165) is 44.3 Å².